The van der Waals surface area contributed by atoms with E-state index in [1.165, 1.54) is 18.7 Å². The molecule has 7 heteroatoms. The second-order valence-corrected chi connectivity index (χ2v) is 4.27. The Morgan fingerprint density at radius 3 is 3.12 bits per heavy atom. The van der Waals surface area contributed by atoms with Gasteiger partial charge in [0, 0.05) is 28.4 Å². The van der Waals surface area contributed by atoms with Crippen LogP contribution in [0.5, 0.6) is 0 Å². The zero-order valence-corrected chi connectivity index (χ0v) is 10.1. The van der Waals surface area contributed by atoms with E-state index >= 15 is 0 Å². The molecule has 0 bridgehead atoms. The highest BCUT2D eigenvalue weighted by Crippen LogP contribution is 2.31. The van der Waals surface area contributed by atoms with Crippen molar-refractivity contribution in [1.82, 2.24) is 24.4 Å². The third-order valence-electron chi connectivity index (χ3n) is 2.43. The Morgan fingerprint density at radius 2 is 2.35 bits per heavy atom. The van der Waals surface area contributed by atoms with Gasteiger partial charge in [0.05, 0.1) is 6.20 Å². The first-order chi connectivity index (χ1) is 9.38. The number of halogens is 1. The fourth-order valence-corrected chi connectivity index (χ4v) is 2.21. The van der Waals surface area contributed by atoms with Gasteiger partial charge < -0.3 is 5.73 Å². The Labute approximate surface area is 109 Å². The predicted octanol–water partition coefficient (Wildman–Crippen LogP) is 1.47. The van der Waals surface area contributed by atoms with Crippen molar-refractivity contribution in [3.05, 3.63) is 29.4 Å². The molecule has 0 aromatic carbocycles. The summed E-state index contributed by atoms with van der Waals surface area (Å²) in [6.45, 7) is -2.31. The number of rotatable bonds is 1. The van der Waals surface area contributed by atoms with E-state index in [0.29, 0.717) is 27.1 Å². The summed E-state index contributed by atoms with van der Waals surface area (Å²) >= 11 is 3.37. The molecule has 86 valence electrons. The lowest BCUT2D eigenvalue weighted by Crippen LogP contribution is -1.99. The standard InChI is InChI=1S/C10H9BrN6/c1-16-4-6(3-14-16)7-2-8(11)17-9(7)10(12)13-5-15-17/h2-5H,1H3,(H2,12,13,15)/i1D3. The lowest BCUT2D eigenvalue weighted by Gasteiger charge is -1.99. The molecular weight excluding hydrogens is 284 g/mol. The minimum absolute atomic E-state index is 0.308. The van der Waals surface area contributed by atoms with Gasteiger partial charge in [0.1, 0.15) is 16.4 Å². The van der Waals surface area contributed by atoms with Crippen molar-refractivity contribution < 1.29 is 4.11 Å². The molecule has 3 aromatic heterocycles. The molecule has 3 rings (SSSR count). The van der Waals surface area contributed by atoms with Gasteiger partial charge in [0.15, 0.2) is 5.82 Å². The Kier molecular flexibility index (Phi) is 1.56. The van der Waals surface area contributed by atoms with Crippen LogP contribution in [0.4, 0.5) is 5.82 Å². The predicted molar refractivity (Wildman–Crippen MR) is 67.3 cm³/mol. The summed E-state index contributed by atoms with van der Waals surface area (Å²) in [6, 6.07) is 1.79. The number of fused-ring (bicyclic) bond motifs is 1. The molecule has 2 N–H and O–H groups in total. The summed E-state index contributed by atoms with van der Waals surface area (Å²) < 4.78 is 25.2. The maximum atomic E-state index is 7.33. The zero-order valence-electron chi connectivity index (χ0n) is 11.5. The van der Waals surface area contributed by atoms with Gasteiger partial charge in [0.2, 0.25) is 0 Å². The number of hydrogen-bond acceptors (Lipinski definition) is 4. The summed E-state index contributed by atoms with van der Waals surface area (Å²) in [4.78, 5) is 3.95. The van der Waals surface area contributed by atoms with E-state index in [1.54, 1.807) is 10.6 Å². The molecule has 0 saturated heterocycles. The van der Waals surface area contributed by atoms with Gasteiger partial charge in [-0.2, -0.15) is 10.2 Å². The second-order valence-electron chi connectivity index (χ2n) is 3.46. The fourth-order valence-electron chi connectivity index (χ4n) is 1.71. The van der Waals surface area contributed by atoms with Crippen LogP contribution in [-0.4, -0.2) is 24.4 Å². The number of hydrogen-bond donors (Lipinski definition) is 1. The van der Waals surface area contributed by atoms with Crippen LogP contribution in [0.25, 0.3) is 16.6 Å². The lowest BCUT2D eigenvalue weighted by atomic mass is 10.1. The van der Waals surface area contributed by atoms with Crippen LogP contribution in [0, 0.1) is 0 Å². The van der Waals surface area contributed by atoms with Crippen LogP contribution in [-0.2, 0) is 6.98 Å². The van der Waals surface area contributed by atoms with Crippen molar-refractivity contribution in [3.8, 4) is 11.1 Å². The third-order valence-corrected chi connectivity index (χ3v) is 3.00. The number of aryl methyl sites for hydroxylation is 1. The third kappa shape index (κ3) is 1.50. The molecule has 17 heavy (non-hydrogen) atoms. The van der Waals surface area contributed by atoms with Gasteiger partial charge in [0.25, 0.3) is 0 Å². The van der Waals surface area contributed by atoms with Crippen molar-refractivity contribution in [3.63, 3.8) is 0 Å². The Bertz CT molecular complexity index is 790. The molecule has 0 aliphatic heterocycles. The van der Waals surface area contributed by atoms with Crippen molar-refractivity contribution in [2.75, 3.05) is 5.73 Å². The SMILES string of the molecule is [2H]C([2H])([2H])n1cc(-c2cc(Br)n3ncnc(N)c23)cn1. The number of nitrogen functional groups attached to an aromatic ring is 1. The second kappa shape index (κ2) is 3.56. The summed E-state index contributed by atoms with van der Waals surface area (Å²) in [7, 11) is 0. The number of nitrogens with two attached hydrogens (primary N) is 1. The highest BCUT2D eigenvalue weighted by Gasteiger charge is 2.14. The summed E-state index contributed by atoms with van der Waals surface area (Å²) in [6.07, 6.45) is 4.27. The molecule has 3 heterocycles. The van der Waals surface area contributed by atoms with Gasteiger partial charge in [-0.1, -0.05) is 0 Å². The zero-order chi connectivity index (χ0) is 14.5. The lowest BCUT2D eigenvalue weighted by molar-refractivity contribution is 0.768. The van der Waals surface area contributed by atoms with E-state index in [2.05, 4.69) is 31.1 Å². The quantitative estimate of drug-likeness (QED) is 0.738. The monoisotopic (exact) mass is 295 g/mol. The molecule has 0 unspecified atom stereocenters. The summed E-state index contributed by atoms with van der Waals surface area (Å²) in [5, 5.41) is 7.94. The van der Waals surface area contributed by atoms with E-state index in [-0.39, 0.29) is 0 Å². The van der Waals surface area contributed by atoms with Crippen LogP contribution in [0.15, 0.2) is 29.4 Å². The molecule has 6 nitrogen and oxygen atoms in total. The summed E-state index contributed by atoms with van der Waals surface area (Å²) in [5.74, 6) is 0.308. The molecule has 0 fully saturated rings. The number of anilines is 1. The summed E-state index contributed by atoms with van der Waals surface area (Å²) in [5.41, 5.74) is 7.81. The normalized spacial score (nSPS) is 14.5. The fraction of sp³-hybridized carbons (Fsp3) is 0.100. The topological polar surface area (TPSA) is 74.0 Å². The Balaban J connectivity index is 2.23. The first kappa shape index (κ1) is 7.44. The van der Waals surface area contributed by atoms with Crippen LogP contribution in [0.3, 0.4) is 0 Å². The highest BCUT2D eigenvalue weighted by molar-refractivity contribution is 9.10. The number of aromatic nitrogens is 5. The Hall–Kier alpha value is -1.89. The van der Waals surface area contributed by atoms with Crippen molar-refractivity contribution in [2.45, 2.75) is 0 Å². The van der Waals surface area contributed by atoms with Crippen molar-refractivity contribution in [1.29, 1.82) is 0 Å². The van der Waals surface area contributed by atoms with Crippen molar-refractivity contribution in [2.24, 2.45) is 6.98 Å². The molecule has 0 aliphatic carbocycles. The molecule has 0 spiro atoms. The van der Waals surface area contributed by atoms with Gasteiger partial charge in [-0.3, -0.25) is 4.68 Å². The van der Waals surface area contributed by atoms with E-state index in [4.69, 9.17) is 9.85 Å². The molecule has 0 atom stereocenters. The molecular formula is C10H9BrN6. The van der Waals surface area contributed by atoms with E-state index in [9.17, 15) is 0 Å². The Morgan fingerprint density at radius 1 is 1.47 bits per heavy atom. The number of nitrogens with zero attached hydrogens (tertiary/aromatic N) is 5. The first-order valence-electron chi connectivity index (χ1n) is 6.21. The maximum absolute atomic E-state index is 7.33. The van der Waals surface area contributed by atoms with E-state index in [1.807, 2.05) is 0 Å². The molecule has 0 radical (unpaired) electrons. The minimum Gasteiger partial charge on any atom is -0.382 e. The highest BCUT2D eigenvalue weighted by atomic mass is 79.9. The van der Waals surface area contributed by atoms with Gasteiger partial charge in [-0.05, 0) is 22.0 Å². The van der Waals surface area contributed by atoms with Gasteiger partial charge in [-0.25, -0.2) is 9.50 Å². The molecule has 0 aliphatic rings. The van der Waals surface area contributed by atoms with E-state index < -0.39 is 6.98 Å². The average molecular weight is 296 g/mol. The molecule has 0 saturated carbocycles. The average Bonchev–Trinajstić information content (AvgIpc) is 2.95. The van der Waals surface area contributed by atoms with Crippen LogP contribution >= 0.6 is 15.9 Å². The van der Waals surface area contributed by atoms with Crippen LogP contribution < -0.4 is 5.73 Å². The van der Waals surface area contributed by atoms with Gasteiger partial charge in [-0.15, -0.1) is 0 Å². The largest absolute Gasteiger partial charge is 0.382 e. The molecule has 0 amide bonds. The van der Waals surface area contributed by atoms with Crippen LogP contribution in [0.2, 0.25) is 0 Å². The minimum atomic E-state index is -2.31. The van der Waals surface area contributed by atoms with Gasteiger partial charge >= 0.3 is 0 Å². The van der Waals surface area contributed by atoms with Crippen LogP contribution in [0.1, 0.15) is 4.11 Å². The smallest absolute Gasteiger partial charge is 0.152 e. The van der Waals surface area contributed by atoms with Crippen molar-refractivity contribution >= 4 is 27.3 Å². The van der Waals surface area contributed by atoms with E-state index in [0.717, 1.165) is 4.68 Å². The maximum Gasteiger partial charge on any atom is 0.152 e. The molecule has 3 aromatic rings. The first-order valence-corrected chi connectivity index (χ1v) is 5.50.